The number of rotatable bonds is 6. The molecule has 1 aromatic carbocycles. The minimum Gasteiger partial charge on any atom is -0.508 e. The molecule has 6 heteroatoms. The highest BCUT2D eigenvalue weighted by Gasteiger charge is 2.23. The minimum atomic E-state index is -0.241. The lowest BCUT2D eigenvalue weighted by molar-refractivity contribution is -0.124. The molecule has 2 amide bonds. The number of aryl methyl sites for hydroxylation is 1. The molecule has 1 aromatic rings. The highest BCUT2D eigenvalue weighted by atomic mass is 16.3. The number of carbonyl (C=O) groups is 2. The summed E-state index contributed by atoms with van der Waals surface area (Å²) in [5.74, 6) is 0.0887. The molecular formula is C28H35N3O3. The molecule has 2 rings (SSSR count). The van der Waals surface area contributed by atoms with Gasteiger partial charge in [0.05, 0.1) is 5.57 Å². The lowest BCUT2D eigenvalue weighted by Gasteiger charge is -2.24. The Kier molecular flexibility index (Phi) is 11.7. The SMILES string of the molecule is C=C1/C=C\C=C/CN(C(=C)/C=C(/C)C=C(C)C)C(=O)/C1=C(/C)NNC=O.Cc1ccc(O)cc1. The third kappa shape index (κ3) is 9.61. The maximum Gasteiger partial charge on any atom is 0.260 e. The highest BCUT2D eigenvalue weighted by Crippen LogP contribution is 2.21. The van der Waals surface area contributed by atoms with Crippen molar-refractivity contribution in [3.63, 3.8) is 0 Å². The van der Waals surface area contributed by atoms with E-state index >= 15 is 0 Å². The Morgan fingerprint density at radius 2 is 1.74 bits per heavy atom. The zero-order chi connectivity index (χ0) is 25.7. The van der Waals surface area contributed by atoms with Crippen LogP contribution in [-0.2, 0) is 9.59 Å². The summed E-state index contributed by atoms with van der Waals surface area (Å²) >= 11 is 0. The van der Waals surface area contributed by atoms with Crippen molar-refractivity contribution in [2.75, 3.05) is 6.54 Å². The zero-order valence-corrected chi connectivity index (χ0v) is 20.7. The van der Waals surface area contributed by atoms with Gasteiger partial charge in [-0.15, -0.1) is 0 Å². The average Bonchev–Trinajstić information content (AvgIpc) is 2.82. The fourth-order valence-corrected chi connectivity index (χ4v) is 3.09. The lowest BCUT2D eigenvalue weighted by atomic mass is 10.0. The van der Waals surface area contributed by atoms with Crippen molar-refractivity contribution in [2.45, 2.75) is 34.6 Å². The Balaban J connectivity index is 0.000000605. The standard InChI is InChI=1S/C21H27N3O2.C7H8O/c1-15(2)12-16(3)13-18(5)24-11-9-7-8-10-17(4)20(21(24)26)19(6)23-22-14-25;1-6-2-4-7(8)5-3-6/h7-10,12-14,23H,4-5,11H2,1-3,6H3,(H,22,25);2-5,8H,1H3/b9-7-,10-8-,16-13-,20-19-;. The van der Waals surface area contributed by atoms with Crippen molar-refractivity contribution in [1.82, 2.24) is 15.8 Å². The van der Waals surface area contributed by atoms with Crippen LogP contribution < -0.4 is 10.9 Å². The molecule has 0 saturated carbocycles. The number of carbonyl (C=O) groups excluding carboxylic acids is 2. The normalized spacial score (nSPS) is 17.1. The summed E-state index contributed by atoms with van der Waals surface area (Å²) in [7, 11) is 0. The lowest BCUT2D eigenvalue weighted by Crippen LogP contribution is -2.35. The van der Waals surface area contributed by atoms with Crippen LogP contribution in [-0.4, -0.2) is 28.9 Å². The van der Waals surface area contributed by atoms with E-state index < -0.39 is 0 Å². The topological polar surface area (TPSA) is 81.7 Å². The van der Waals surface area contributed by atoms with Gasteiger partial charge in [-0.25, -0.2) is 0 Å². The molecule has 6 nitrogen and oxygen atoms in total. The molecule has 0 atom stereocenters. The molecule has 0 saturated heterocycles. The van der Waals surface area contributed by atoms with Crippen LogP contribution in [0.4, 0.5) is 0 Å². The molecule has 0 aromatic heterocycles. The number of phenols is 1. The number of phenolic OH excluding ortho intramolecular Hbond substituents is 1. The van der Waals surface area contributed by atoms with E-state index in [0.29, 0.717) is 41.2 Å². The number of hydrazine groups is 1. The fraction of sp³-hybridized carbons (Fsp3) is 0.214. The van der Waals surface area contributed by atoms with E-state index in [9.17, 15) is 9.59 Å². The van der Waals surface area contributed by atoms with Crippen molar-refractivity contribution in [1.29, 1.82) is 0 Å². The first-order valence-corrected chi connectivity index (χ1v) is 10.8. The summed E-state index contributed by atoms with van der Waals surface area (Å²) in [5, 5.41) is 8.76. The first-order valence-electron chi connectivity index (χ1n) is 10.8. The Hall–Kier alpha value is -4.06. The fourth-order valence-electron chi connectivity index (χ4n) is 3.09. The van der Waals surface area contributed by atoms with Crippen molar-refractivity contribution in [2.24, 2.45) is 0 Å². The maximum absolute atomic E-state index is 13.2. The molecule has 1 heterocycles. The smallest absolute Gasteiger partial charge is 0.260 e. The predicted molar refractivity (Wildman–Crippen MR) is 139 cm³/mol. The zero-order valence-electron chi connectivity index (χ0n) is 20.7. The molecule has 180 valence electrons. The van der Waals surface area contributed by atoms with E-state index in [1.54, 1.807) is 30.0 Å². The number of nitrogens with one attached hydrogen (secondary N) is 2. The van der Waals surface area contributed by atoms with Gasteiger partial charge < -0.3 is 15.4 Å². The van der Waals surface area contributed by atoms with Crippen LogP contribution in [0.2, 0.25) is 0 Å². The van der Waals surface area contributed by atoms with E-state index in [-0.39, 0.29) is 5.91 Å². The number of aromatic hydroxyl groups is 1. The number of nitrogens with zero attached hydrogens (tertiary/aromatic N) is 1. The van der Waals surface area contributed by atoms with E-state index in [4.69, 9.17) is 5.11 Å². The molecule has 3 N–H and O–H groups in total. The van der Waals surface area contributed by atoms with Gasteiger partial charge >= 0.3 is 0 Å². The summed E-state index contributed by atoms with van der Waals surface area (Å²) in [5.41, 5.74) is 10.4. The summed E-state index contributed by atoms with van der Waals surface area (Å²) in [6.07, 6.45) is 11.7. The maximum atomic E-state index is 13.2. The van der Waals surface area contributed by atoms with Crippen LogP contribution in [0, 0.1) is 6.92 Å². The second-order valence-electron chi connectivity index (χ2n) is 8.05. The minimum absolute atomic E-state index is 0.241. The first-order chi connectivity index (χ1) is 16.1. The number of hydrogen-bond acceptors (Lipinski definition) is 4. The number of hydrogen-bond donors (Lipinski definition) is 3. The second-order valence-corrected chi connectivity index (χ2v) is 8.05. The average molecular weight is 462 g/mol. The number of amides is 2. The van der Waals surface area contributed by atoms with Crippen molar-refractivity contribution >= 4 is 12.3 Å². The van der Waals surface area contributed by atoms with Crippen LogP contribution in [0.15, 0.2) is 108 Å². The summed E-state index contributed by atoms with van der Waals surface area (Å²) in [6.45, 7) is 18.1. The van der Waals surface area contributed by atoms with Crippen LogP contribution in [0.5, 0.6) is 5.75 Å². The molecule has 0 aliphatic carbocycles. The number of allylic oxidation sites excluding steroid dienone is 8. The van der Waals surface area contributed by atoms with Crippen molar-refractivity contribution in [3.05, 3.63) is 113 Å². The Bertz CT molecular complexity index is 1030. The van der Waals surface area contributed by atoms with E-state index in [0.717, 1.165) is 5.57 Å². The van der Waals surface area contributed by atoms with Crippen LogP contribution in [0.25, 0.3) is 0 Å². The van der Waals surface area contributed by atoms with Gasteiger partial charge in [0.2, 0.25) is 6.41 Å². The summed E-state index contributed by atoms with van der Waals surface area (Å²) in [4.78, 5) is 25.3. The Labute approximate surface area is 203 Å². The molecule has 1 aliphatic heterocycles. The number of benzene rings is 1. The monoisotopic (exact) mass is 461 g/mol. The quantitative estimate of drug-likeness (QED) is 0.237. The molecule has 34 heavy (non-hydrogen) atoms. The highest BCUT2D eigenvalue weighted by molar-refractivity contribution is 6.00. The van der Waals surface area contributed by atoms with Crippen LogP contribution in [0.3, 0.4) is 0 Å². The van der Waals surface area contributed by atoms with E-state index in [1.165, 1.54) is 11.1 Å². The molecular weight excluding hydrogens is 426 g/mol. The van der Waals surface area contributed by atoms with Gasteiger partial charge in [0.15, 0.2) is 0 Å². The summed E-state index contributed by atoms with van der Waals surface area (Å²) < 4.78 is 0. The van der Waals surface area contributed by atoms with E-state index in [1.807, 2.05) is 70.2 Å². The van der Waals surface area contributed by atoms with Crippen LogP contribution >= 0.6 is 0 Å². The third-order valence-corrected chi connectivity index (χ3v) is 4.60. The second kappa shape index (κ2) is 14.2. The molecule has 0 radical (unpaired) electrons. The molecule has 0 spiro atoms. The largest absolute Gasteiger partial charge is 0.508 e. The van der Waals surface area contributed by atoms with Gasteiger partial charge in [0, 0.05) is 17.9 Å². The van der Waals surface area contributed by atoms with Gasteiger partial charge in [-0.2, -0.15) is 0 Å². The molecule has 0 unspecified atom stereocenters. The Morgan fingerprint density at radius 1 is 1.09 bits per heavy atom. The van der Waals surface area contributed by atoms with Gasteiger partial charge in [-0.05, 0) is 64.0 Å². The Morgan fingerprint density at radius 3 is 2.29 bits per heavy atom. The molecule has 0 bridgehead atoms. The predicted octanol–water partition coefficient (Wildman–Crippen LogP) is 5.15. The summed E-state index contributed by atoms with van der Waals surface area (Å²) in [6, 6.07) is 7.09. The first kappa shape index (κ1) is 28.0. The van der Waals surface area contributed by atoms with Crippen molar-refractivity contribution < 1.29 is 14.7 Å². The van der Waals surface area contributed by atoms with Gasteiger partial charge in [0.1, 0.15) is 5.75 Å². The molecule has 1 aliphatic rings. The third-order valence-electron chi connectivity index (χ3n) is 4.60. The van der Waals surface area contributed by atoms with Crippen molar-refractivity contribution in [3.8, 4) is 5.75 Å². The van der Waals surface area contributed by atoms with Gasteiger partial charge in [0.25, 0.3) is 5.91 Å². The van der Waals surface area contributed by atoms with Crippen LogP contribution in [0.1, 0.15) is 33.3 Å². The van der Waals surface area contributed by atoms with E-state index in [2.05, 4.69) is 24.0 Å². The molecule has 0 fully saturated rings. The van der Waals surface area contributed by atoms with Gasteiger partial charge in [-0.1, -0.05) is 66.8 Å². The van der Waals surface area contributed by atoms with Gasteiger partial charge in [-0.3, -0.25) is 15.0 Å².